The van der Waals surface area contributed by atoms with Crippen molar-refractivity contribution in [3.8, 4) is 17.3 Å². The number of aryl methyl sites for hydroxylation is 1. The number of rotatable bonds is 11. The van der Waals surface area contributed by atoms with Crippen molar-refractivity contribution in [3.63, 3.8) is 0 Å². The Balaban J connectivity index is 2.00. The van der Waals surface area contributed by atoms with Gasteiger partial charge in [0.15, 0.2) is 11.6 Å². The van der Waals surface area contributed by atoms with Gasteiger partial charge in [-0.15, -0.1) is 0 Å². The highest BCUT2D eigenvalue weighted by molar-refractivity contribution is 5.43. The van der Waals surface area contributed by atoms with Crippen LogP contribution in [0.5, 0.6) is 11.6 Å². The van der Waals surface area contributed by atoms with Gasteiger partial charge in [-0.05, 0) is 64.1 Å². The standard InChI is InChI=1S/C25H31F2N3O3/c1-5-32-16-21(31)14-29(17(2)3)15-22-18(4)28-30(20-12-10-19(26)11-13-20)25(22)33-24-9-7-6-8-23(24)27/h6-13,17,21,31H,5,14-16H2,1-4H3. The number of benzene rings is 2. The Morgan fingerprint density at radius 1 is 1.09 bits per heavy atom. The Morgan fingerprint density at radius 3 is 2.42 bits per heavy atom. The summed E-state index contributed by atoms with van der Waals surface area (Å²) in [4.78, 5) is 2.08. The molecule has 0 spiro atoms. The summed E-state index contributed by atoms with van der Waals surface area (Å²) in [5, 5.41) is 15.0. The maximum atomic E-state index is 14.4. The average molecular weight is 460 g/mol. The van der Waals surface area contributed by atoms with E-state index in [1.54, 1.807) is 35.0 Å². The van der Waals surface area contributed by atoms with E-state index in [0.717, 1.165) is 5.56 Å². The quantitative estimate of drug-likeness (QED) is 0.444. The van der Waals surface area contributed by atoms with Gasteiger partial charge in [-0.1, -0.05) is 12.1 Å². The van der Waals surface area contributed by atoms with E-state index in [0.29, 0.717) is 37.0 Å². The van der Waals surface area contributed by atoms with Crippen molar-refractivity contribution < 1.29 is 23.4 Å². The summed E-state index contributed by atoms with van der Waals surface area (Å²) < 4.78 is 40.9. The van der Waals surface area contributed by atoms with Crippen LogP contribution in [0.1, 0.15) is 32.0 Å². The van der Waals surface area contributed by atoms with Crippen LogP contribution in [-0.4, -0.2) is 51.7 Å². The van der Waals surface area contributed by atoms with E-state index >= 15 is 0 Å². The van der Waals surface area contributed by atoms with Gasteiger partial charge in [-0.3, -0.25) is 4.90 Å². The van der Waals surface area contributed by atoms with Crippen LogP contribution in [0.15, 0.2) is 48.5 Å². The van der Waals surface area contributed by atoms with E-state index in [2.05, 4.69) is 10.00 Å². The summed E-state index contributed by atoms with van der Waals surface area (Å²) in [6.45, 7) is 9.37. The molecule has 0 amide bonds. The topological polar surface area (TPSA) is 59.8 Å². The van der Waals surface area contributed by atoms with Crippen molar-refractivity contribution in [1.29, 1.82) is 0 Å². The largest absolute Gasteiger partial charge is 0.435 e. The van der Waals surface area contributed by atoms with Crippen LogP contribution >= 0.6 is 0 Å². The van der Waals surface area contributed by atoms with Gasteiger partial charge in [-0.25, -0.2) is 13.5 Å². The molecular weight excluding hydrogens is 428 g/mol. The normalized spacial score (nSPS) is 12.5. The van der Waals surface area contributed by atoms with Crippen molar-refractivity contribution in [2.45, 2.75) is 46.4 Å². The molecule has 33 heavy (non-hydrogen) atoms. The summed E-state index contributed by atoms with van der Waals surface area (Å²) in [6.07, 6.45) is -0.657. The molecule has 3 rings (SSSR count). The number of para-hydroxylation sites is 1. The Kier molecular flexibility index (Phi) is 8.55. The number of ether oxygens (including phenoxy) is 2. The molecule has 2 aromatic carbocycles. The minimum absolute atomic E-state index is 0.0643. The number of halogens is 2. The minimum Gasteiger partial charge on any atom is -0.435 e. The minimum atomic E-state index is -0.657. The van der Waals surface area contributed by atoms with Crippen LogP contribution in [-0.2, 0) is 11.3 Å². The fourth-order valence-electron chi connectivity index (χ4n) is 3.45. The third-order valence-corrected chi connectivity index (χ3v) is 5.30. The highest BCUT2D eigenvalue weighted by Gasteiger charge is 2.24. The zero-order chi connectivity index (χ0) is 24.0. The molecule has 0 fully saturated rings. The SMILES string of the molecule is CCOCC(O)CN(Cc1c(C)nn(-c2ccc(F)cc2)c1Oc1ccccc1F)C(C)C. The van der Waals surface area contributed by atoms with Crippen molar-refractivity contribution in [2.24, 2.45) is 0 Å². The second kappa shape index (κ2) is 11.4. The third kappa shape index (κ3) is 6.37. The van der Waals surface area contributed by atoms with Crippen molar-refractivity contribution in [2.75, 3.05) is 19.8 Å². The lowest BCUT2D eigenvalue weighted by Crippen LogP contribution is -2.39. The Morgan fingerprint density at radius 2 is 1.79 bits per heavy atom. The zero-order valence-electron chi connectivity index (χ0n) is 19.5. The molecule has 1 unspecified atom stereocenters. The molecule has 1 aromatic heterocycles. The summed E-state index contributed by atoms with van der Waals surface area (Å²) in [7, 11) is 0. The molecule has 178 valence electrons. The lowest BCUT2D eigenvalue weighted by molar-refractivity contribution is 0.0131. The van der Waals surface area contributed by atoms with Crippen LogP contribution < -0.4 is 4.74 Å². The van der Waals surface area contributed by atoms with E-state index < -0.39 is 11.9 Å². The molecule has 6 nitrogen and oxygen atoms in total. The predicted octanol–water partition coefficient (Wildman–Crippen LogP) is 4.86. The number of aromatic nitrogens is 2. The smallest absolute Gasteiger partial charge is 0.227 e. The van der Waals surface area contributed by atoms with Crippen molar-refractivity contribution in [3.05, 3.63) is 71.4 Å². The van der Waals surface area contributed by atoms with Crippen LogP contribution in [0.3, 0.4) is 0 Å². The molecule has 0 aliphatic heterocycles. The van der Waals surface area contributed by atoms with E-state index in [-0.39, 0.29) is 24.2 Å². The first kappa shape index (κ1) is 24.8. The number of aliphatic hydroxyl groups is 1. The highest BCUT2D eigenvalue weighted by atomic mass is 19.1. The molecule has 0 radical (unpaired) electrons. The Bertz CT molecular complexity index is 1040. The number of nitrogens with zero attached hydrogens (tertiary/aromatic N) is 3. The molecule has 1 atom stereocenters. The monoisotopic (exact) mass is 459 g/mol. The van der Waals surface area contributed by atoms with Crippen LogP contribution in [0.25, 0.3) is 5.69 Å². The average Bonchev–Trinajstić information content (AvgIpc) is 3.08. The van der Waals surface area contributed by atoms with E-state index in [9.17, 15) is 13.9 Å². The fraction of sp³-hybridized carbons (Fsp3) is 0.400. The zero-order valence-corrected chi connectivity index (χ0v) is 19.5. The van der Waals surface area contributed by atoms with Crippen molar-refractivity contribution in [1.82, 2.24) is 14.7 Å². The summed E-state index contributed by atoms with van der Waals surface area (Å²) in [5.74, 6) is -0.460. The highest BCUT2D eigenvalue weighted by Crippen LogP contribution is 2.33. The first-order chi connectivity index (χ1) is 15.8. The first-order valence-corrected chi connectivity index (χ1v) is 11.1. The third-order valence-electron chi connectivity index (χ3n) is 5.30. The molecule has 0 saturated heterocycles. The number of aliphatic hydroxyl groups excluding tert-OH is 1. The van der Waals surface area contributed by atoms with Crippen LogP contribution in [0.4, 0.5) is 8.78 Å². The van der Waals surface area contributed by atoms with Gasteiger partial charge < -0.3 is 14.6 Å². The molecule has 8 heteroatoms. The van der Waals surface area contributed by atoms with Crippen LogP contribution in [0, 0.1) is 18.6 Å². The summed E-state index contributed by atoms with van der Waals surface area (Å²) >= 11 is 0. The second-order valence-corrected chi connectivity index (χ2v) is 8.13. The molecule has 1 heterocycles. The van der Waals surface area contributed by atoms with Gasteiger partial charge in [0.25, 0.3) is 0 Å². The number of hydrogen-bond donors (Lipinski definition) is 1. The van der Waals surface area contributed by atoms with Gasteiger partial charge in [-0.2, -0.15) is 5.10 Å². The Labute approximate surface area is 193 Å². The van der Waals surface area contributed by atoms with Gasteiger partial charge in [0.1, 0.15) is 5.82 Å². The molecule has 0 aliphatic rings. The maximum Gasteiger partial charge on any atom is 0.227 e. The van der Waals surface area contributed by atoms with E-state index in [4.69, 9.17) is 9.47 Å². The van der Waals surface area contributed by atoms with Crippen molar-refractivity contribution >= 4 is 0 Å². The Hall–Kier alpha value is -2.81. The molecule has 1 N–H and O–H groups in total. The van der Waals surface area contributed by atoms with Gasteiger partial charge >= 0.3 is 0 Å². The van der Waals surface area contributed by atoms with Gasteiger partial charge in [0.05, 0.1) is 29.7 Å². The lowest BCUT2D eigenvalue weighted by Gasteiger charge is -2.29. The van der Waals surface area contributed by atoms with Gasteiger partial charge in [0.2, 0.25) is 5.88 Å². The van der Waals surface area contributed by atoms with Crippen LogP contribution in [0.2, 0.25) is 0 Å². The van der Waals surface area contributed by atoms with E-state index in [1.807, 2.05) is 27.7 Å². The lowest BCUT2D eigenvalue weighted by atomic mass is 10.2. The maximum absolute atomic E-state index is 14.4. The molecule has 3 aromatic rings. The first-order valence-electron chi connectivity index (χ1n) is 11.1. The molecule has 0 saturated carbocycles. The van der Waals surface area contributed by atoms with Gasteiger partial charge in [0, 0.05) is 25.7 Å². The fourth-order valence-corrected chi connectivity index (χ4v) is 3.45. The summed E-state index contributed by atoms with van der Waals surface area (Å²) in [6, 6.07) is 12.1. The van der Waals surface area contributed by atoms with E-state index in [1.165, 1.54) is 18.2 Å². The number of hydrogen-bond acceptors (Lipinski definition) is 5. The molecule has 0 bridgehead atoms. The molecular formula is C25H31F2N3O3. The molecule has 0 aliphatic carbocycles. The second-order valence-electron chi connectivity index (χ2n) is 8.13. The summed E-state index contributed by atoms with van der Waals surface area (Å²) in [5.41, 5.74) is 2.03. The predicted molar refractivity (Wildman–Crippen MR) is 123 cm³/mol.